The molecule has 230 valence electrons. The molecular weight excluding hydrogens is 593 g/mol. The first-order chi connectivity index (χ1) is 24.1. The quantitative estimate of drug-likeness (QED) is 0.169. The molecule has 1 aliphatic carbocycles. The topological polar surface area (TPSA) is 9.86 Å². The van der Waals surface area contributed by atoms with Crippen LogP contribution in [-0.2, 0) is 5.41 Å². The Bertz CT molecular complexity index is 3010. The van der Waals surface area contributed by atoms with Crippen molar-refractivity contribution in [2.45, 2.75) is 19.3 Å². The minimum Gasteiger partial charge on any atom is -0.309 e. The molecule has 0 amide bonds. The molecule has 0 fully saturated rings. The van der Waals surface area contributed by atoms with Crippen molar-refractivity contribution in [3.05, 3.63) is 169 Å². The van der Waals surface area contributed by atoms with Crippen molar-refractivity contribution in [3.63, 3.8) is 0 Å². The van der Waals surface area contributed by atoms with E-state index >= 15 is 0 Å². The van der Waals surface area contributed by atoms with Gasteiger partial charge in [-0.1, -0.05) is 141 Å². The van der Waals surface area contributed by atoms with Crippen molar-refractivity contribution < 1.29 is 0 Å². The monoisotopic (exact) mass is 624 g/mol. The Kier molecular flexibility index (Phi) is 5.21. The van der Waals surface area contributed by atoms with Gasteiger partial charge in [-0.25, -0.2) is 0 Å². The van der Waals surface area contributed by atoms with Crippen LogP contribution in [0.25, 0.3) is 87.7 Å². The predicted octanol–water partition coefficient (Wildman–Crippen LogP) is 12.5. The summed E-state index contributed by atoms with van der Waals surface area (Å²) in [5.74, 6) is 0. The molecule has 2 nitrogen and oxygen atoms in total. The first-order valence-corrected chi connectivity index (χ1v) is 17.2. The maximum Gasteiger partial charge on any atom is 0.0645 e. The summed E-state index contributed by atoms with van der Waals surface area (Å²) in [5, 5.41) is 10.3. The Balaban J connectivity index is 1.49. The van der Waals surface area contributed by atoms with Gasteiger partial charge in [0.05, 0.1) is 27.8 Å². The molecule has 0 unspecified atom stereocenters. The van der Waals surface area contributed by atoms with E-state index in [0.717, 1.165) is 0 Å². The van der Waals surface area contributed by atoms with E-state index in [1.54, 1.807) is 0 Å². The average Bonchev–Trinajstić information content (AvgIpc) is 3.75. The number of rotatable bonds is 2. The molecule has 11 rings (SSSR count). The van der Waals surface area contributed by atoms with Crippen LogP contribution in [-0.4, -0.2) is 9.13 Å². The van der Waals surface area contributed by atoms with Crippen LogP contribution >= 0.6 is 0 Å². The molecule has 0 bridgehead atoms. The van der Waals surface area contributed by atoms with E-state index in [2.05, 4.69) is 181 Å². The maximum absolute atomic E-state index is 2.60. The molecule has 0 saturated heterocycles. The number of fused-ring (bicyclic) bond motifs is 15. The third-order valence-corrected chi connectivity index (χ3v) is 11.2. The van der Waals surface area contributed by atoms with Gasteiger partial charge in [-0.15, -0.1) is 0 Å². The lowest BCUT2D eigenvalue weighted by molar-refractivity contribution is 0.667. The number of para-hydroxylation sites is 3. The molecule has 49 heavy (non-hydrogen) atoms. The second kappa shape index (κ2) is 9.49. The molecule has 8 aromatic carbocycles. The van der Waals surface area contributed by atoms with Gasteiger partial charge < -0.3 is 9.13 Å². The zero-order valence-electron chi connectivity index (χ0n) is 27.4. The van der Waals surface area contributed by atoms with Crippen molar-refractivity contribution in [2.24, 2.45) is 0 Å². The van der Waals surface area contributed by atoms with Crippen LogP contribution in [0.1, 0.15) is 25.0 Å². The molecule has 10 aromatic rings. The van der Waals surface area contributed by atoms with Gasteiger partial charge in [0, 0.05) is 43.6 Å². The fraction of sp³-hybridized carbons (Fsp3) is 0.0638. The summed E-state index contributed by atoms with van der Waals surface area (Å²) >= 11 is 0. The van der Waals surface area contributed by atoms with Gasteiger partial charge >= 0.3 is 0 Å². The van der Waals surface area contributed by atoms with E-state index in [9.17, 15) is 0 Å². The zero-order valence-corrected chi connectivity index (χ0v) is 27.4. The van der Waals surface area contributed by atoms with Gasteiger partial charge in [0.15, 0.2) is 0 Å². The van der Waals surface area contributed by atoms with Crippen molar-refractivity contribution in [1.29, 1.82) is 0 Å². The standard InChI is InChI=1S/C47H32N2/c1-47(2)37-25-13-10-22-34(37)41-44(47)42-35-23-11-15-27-39(35)49(40-28-29-16-6-7-19-31(29)32-20-8-9-21-33(32)40)46(42)43-36-24-12-14-26-38(36)48(45(41)43)30-17-4-3-5-18-30/h3-28H,1-2H3. The summed E-state index contributed by atoms with van der Waals surface area (Å²) in [4.78, 5) is 0. The Morgan fingerprint density at radius 2 is 1.02 bits per heavy atom. The summed E-state index contributed by atoms with van der Waals surface area (Å²) in [6.07, 6.45) is 0. The van der Waals surface area contributed by atoms with Crippen LogP contribution in [0.15, 0.2) is 158 Å². The molecule has 0 radical (unpaired) electrons. The lowest BCUT2D eigenvalue weighted by Crippen LogP contribution is -2.15. The van der Waals surface area contributed by atoms with Crippen LogP contribution in [0.5, 0.6) is 0 Å². The molecule has 1 aliphatic rings. The Morgan fingerprint density at radius 3 is 1.80 bits per heavy atom. The highest BCUT2D eigenvalue weighted by molar-refractivity contribution is 6.32. The van der Waals surface area contributed by atoms with Crippen LogP contribution in [0.2, 0.25) is 0 Å². The third kappa shape index (κ3) is 3.36. The van der Waals surface area contributed by atoms with Gasteiger partial charge in [0.1, 0.15) is 0 Å². The Labute approximate surface area is 284 Å². The summed E-state index contributed by atoms with van der Waals surface area (Å²) in [6, 6.07) is 58.3. The number of hydrogen-bond donors (Lipinski definition) is 0. The smallest absolute Gasteiger partial charge is 0.0645 e. The van der Waals surface area contributed by atoms with Crippen molar-refractivity contribution in [2.75, 3.05) is 0 Å². The highest BCUT2D eigenvalue weighted by Gasteiger charge is 2.41. The predicted molar refractivity (Wildman–Crippen MR) is 208 cm³/mol. The lowest BCUT2D eigenvalue weighted by Gasteiger charge is -2.23. The van der Waals surface area contributed by atoms with Gasteiger partial charge in [-0.2, -0.15) is 0 Å². The fourth-order valence-electron chi connectivity index (χ4n) is 9.27. The summed E-state index contributed by atoms with van der Waals surface area (Å²) in [5.41, 5.74) is 12.7. The Hall–Kier alpha value is -6.12. The first kappa shape index (κ1) is 26.9. The van der Waals surface area contributed by atoms with E-state index < -0.39 is 0 Å². The highest BCUT2D eigenvalue weighted by Crippen LogP contribution is 2.58. The number of nitrogens with zero attached hydrogens (tertiary/aromatic N) is 2. The largest absolute Gasteiger partial charge is 0.309 e. The number of hydrogen-bond acceptors (Lipinski definition) is 0. The van der Waals surface area contributed by atoms with E-state index in [-0.39, 0.29) is 5.41 Å². The molecule has 0 spiro atoms. The van der Waals surface area contributed by atoms with Gasteiger partial charge in [-0.3, -0.25) is 0 Å². The molecule has 0 atom stereocenters. The number of aromatic nitrogens is 2. The summed E-state index contributed by atoms with van der Waals surface area (Å²) < 4.78 is 5.13. The van der Waals surface area contributed by atoms with Gasteiger partial charge in [-0.05, 0) is 63.2 Å². The zero-order chi connectivity index (χ0) is 32.4. The minimum atomic E-state index is -0.212. The first-order valence-electron chi connectivity index (χ1n) is 17.2. The minimum absolute atomic E-state index is 0.212. The maximum atomic E-state index is 2.60. The molecule has 2 aromatic heterocycles. The highest BCUT2D eigenvalue weighted by atomic mass is 15.0. The fourth-order valence-corrected chi connectivity index (χ4v) is 9.27. The molecule has 2 heterocycles. The molecule has 0 aliphatic heterocycles. The van der Waals surface area contributed by atoms with Crippen LogP contribution in [0.4, 0.5) is 0 Å². The second-order valence-electron chi connectivity index (χ2n) is 14.1. The van der Waals surface area contributed by atoms with E-state index in [4.69, 9.17) is 0 Å². The Morgan fingerprint density at radius 1 is 0.449 bits per heavy atom. The second-order valence-corrected chi connectivity index (χ2v) is 14.1. The normalized spacial score (nSPS) is 13.7. The summed E-state index contributed by atoms with van der Waals surface area (Å²) in [6.45, 7) is 4.85. The van der Waals surface area contributed by atoms with E-state index in [0.29, 0.717) is 0 Å². The van der Waals surface area contributed by atoms with Crippen LogP contribution in [0, 0.1) is 0 Å². The SMILES string of the molecule is CC1(C)c2ccccc2-c2c1c1c3ccccc3n(-c3cc4ccccc4c4ccccc34)c1c1c3ccccc3n(-c3ccccc3)c21. The van der Waals surface area contributed by atoms with Crippen molar-refractivity contribution in [3.8, 4) is 22.5 Å². The van der Waals surface area contributed by atoms with Crippen LogP contribution < -0.4 is 0 Å². The van der Waals surface area contributed by atoms with Gasteiger partial charge in [0.25, 0.3) is 0 Å². The lowest BCUT2D eigenvalue weighted by atomic mass is 9.80. The molecule has 0 saturated carbocycles. The molecule has 0 N–H and O–H groups in total. The van der Waals surface area contributed by atoms with E-state index in [1.807, 2.05) is 0 Å². The van der Waals surface area contributed by atoms with Crippen LogP contribution in [0.3, 0.4) is 0 Å². The van der Waals surface area contributed by atoms with E-state index in [1.165, 1.54) is 98.8 Å². The average molecular weight is 625 g/mol. The van der Waals surface area contributed by atoms with Crippen molar-refractivity contribution >= 4 is 65.2 Å². The molecular formula is C47H32N2. The molecule has 2 heteroatoms. The summed E-state index contributed by atoms with van der Waals surface area (Å²) in [7, 11) is 0. The van der Waals surface area contributed by atoms with Gasteiger partial charge in [0.2, 0.25) is 0 Å². The van der Waals surface area contributed by atoms with Crippen molar-refractivity contribution in [1.82, 2.24) is 9.13 Å². The third-order valence-electron chi connectivity index (χ3n) is 11.2. The number of benzene rings is 8.